The normalized spacial score (nSPS) is 49.6. The Morgan fingerprint density at radius 3 is 2.36 bits per heavy atom. The minimum atomic E-state index is -0.473. The Morgan fingerprint density at radius 1 is 1.45 bits per heavy atom. The van der Waals surface area contributed by atoms with E-state index in [2.05, 4.69) is 17.5 Å². The minimum absolute atomic E-state index is 0.473. The van der Waals surface area contributed by atoms with Gasteiger partial charge in [0, 0.05) is 12.3 Å². The number of aliphatic hydroxyl groups is 1. The van der Waals surface area contributed by atoms with Crippen molar-refractivity contribution in [1.82, 2.24) is 4.90 Å². The first-order valence-electron chi connectivity index (χ1n) is 4.30. The van der Waals surface area contributed by atoms with Gasteiger partial charge in [0.15, 0.2) is 0 Å². The summed E-state index contributed by atoms with van der Waals surface area (Å²) in [6, 6.07) is 0. The van der Waals surface area contributed by atoms with Crippen LogP contribution in [0.4, 0.5) is 0 Å². The summed E-state index contributed by atoms with van der Waals surface area (Å²) in [6.07, 6.45) is 2.33. The molecule has 3 aliphatic heterocycles. The molecule has 1 atom stereocenters. The highest BCUT2D eigenvalue weighted by atomic mass is 32.1. The van der Waals surface area contributed by atoms with Crippen molar-refractivity contribution in [2.75, 3.05) is 25.4 Å². The second-order valence-electron chi connectivity index (χ2n) is 3.81. The molecule has 3 saturated heterocycles. The van der Waals surface area contributed by atoms with Crippen LogP contribution < -0.4 is 0 Å². The van der Waals surface area contributed by atoms with E-state index in [-0.39, 0.29) is 0 Å². The Labute approximate surface area is 73.0 Å². The van der Waals surface area contributed by atoms with Gasteiger partial charge in [-0.05, 0) is 31.8 Å². The van der Waals surface area contributed by atoms with E-state index in [0.717, 1.165) is 19.4 Å². The molecule has 3 heterocycles. The molecule has 0 aliphatic carbocycles. The standard InChI is InChI=1S/C8H15NOS/c10-8(6-11)5-9-3-1-7(8)2-4-9/h7,10-11H,1-6H2/t8-/m0/s1. The van der Waals surface area contributed by atoms with Crippen LogP contribution in [-0.4, -0.2) is 41.0 Å². The van der Waals surface area contributed by atoms with Gasteiger partial charge in [-0.1, -0.05) is 0 Å². The van der Waals surface area contributed by atoms with Crippen molar-refractivity contribution in [2.45, 2.75) is 18.4 Å². The largest absolute Gasteiger partial charge is 0.387 e. The molecule has 0 aromatic heterocycles. The highest BCUT2D eigenvalue weighted by molar-refractivity contribution is 7.80. The van der Waals surface area contributed by atoms with Gasteiger partial charge in [0.2, 0.25) is 0 Å². The number of thiol groups is 1. The lowest BCUT2D eigenvalue weighted by Crippen LogP contribution is -2.60. The third-order valence-corrected chi connectivity index (χ3v) is 3.67. The first kappa shape index (κ1) is 7.90. The maximum Gasteiger partial charge on any atom is 0.0890 e. The topological polar surface area (TPSA) is 23.5 Å². The molecule has 0 aromatic carbocycles. The Hall–Kier alpha value is 0.270. The smallest absolute Gasteiger partial charge is 0.0890 e. The lowest BCUT2D eigenvalue weighted by Gasteiger charge is -2.49. The van der Waals surface area contributed by atoms with Crippen LogP contribution in [0.1, 0.15) is 12.8 Å². The summed E-state index contributed by atoms with van der Waals surface area (Å²) in [5.41, 5.74) is -0.473. The fourth-order valence-electron chi connectivity index (χ4n) is 2.32. The fourth-order valence-corrected chi connectivity index (χ4v) is 2.68. The number of fused-ring (bicyclic) bond motifs is 3. The van der Waals surface area contributed by atoms with Crippen LogP contribution in [0.3, 0.4) is 0 Å². The van der Waals surface area contributed by atoms with Gasteiger partial charge in [0.25, 0.3) is 0 Å². The fraction of sp³-hybridized carbons (Fsp3) is 1.00. The molecule has 3 heteroatoms. The quantitative estimate of drug-likeness (QED) is 0.560. The molecule has 0 radical (unpaired) electrons. The number of piperidine rings is 3. The van der Waals surface area contributed by atoms with E-state index in [1.54, 1.807) is 0 Å². The second kappa shape index (κ2) is 2.64. The van der Waals surface area contributed by atoms with E-state index in [0.29, 0.717) is 11.7 Å². The molecule has 3 rings (SSSR count). The third kappa shape index (κ3) is 1.19. The summed E-state index contributed by atoms with van der Waals surface area (Å²) < 4.78 is 0. The first-order chi connectivity index (χ1) is 5.24. The molecule has 0 saturated carbocycles. The van der Waals surface area contributed by atoms with Gasteiger partial charge in [-0.15, -0.1) is 0 Å². The van der Waals surface area contributed by atoms with Gasteiger partial charge >= 0.3 is 0 Å². The summed E-state index contributed by atoms with van der Waals surface area (Å²) in [7, 11) is 0. The van der Waals surface area contributed by atoms with Crippen molar-refractivity contribution in [3.8, 4) is 0 Å². The van der Waals surface area contributed by atoms with Crippen molar-refractivity contribution >= 4 is 12.6 Å². The summed E-state index contributed by atoms with van der Waals surface area (Å²) in [5.74, 6) is 1.14. The van der Waals surface area contributed by atoms with Gasteiger partial charge in [0.05, 0.1) is 5.60 Å². The molecule has 11 heavy (non-hydrogen) atoms. The lowest BCUT2D eigenvalue weighted by atomic mass is 9.76. The molecule has 0 unspecified atom stereocenters. The summed E-state index contributed by atoms with van der Waals surface area (Å²) in [5, 5.41) is 10.1. The molecule has 64 valence electrons. The third-order valence-electron chi connectivity index (χ3n) is 3.12. The molecule has 0 aromatic rings. The number of rotatable bonds is 1. The van der Waals surface area contributed by atoms with E-state index in [1.165, 1.54) is 13.1 Å². The van der Waals surface area contributed by atoms with Crippen molar-refractivity contribution < 1.29 is 5.11 Å². The van der Waals surface area contributed by atoms with E-state index >= 15 is 0 Å². The van der Waals surface area contributed by atoms with Crippen LogP contribution in [-0.2, 0) is 0 Å². The molecule has 3 aliphatic rings. The van der Waals surface area contributed by atoms with Crippen LogP contribution >= 0.6 is 12.6 Å². The van der Waals surface area contributed by atoms with Crippen LogP contribution in [0.15, 0.2) is 0 Å². The molecule has 0 spiro atoms. The Morgan fingerprint density at radius 2 is 2.09 bits per heavy atom. The van der Waals surface area contributed by atoms with E-state index in [1.807, 2.05) is 0 Å². The van der Waals surface area contributed by atoms with Crippen LogP contribution in [0, 0.1) is 5.92 Å². The number of hydrogen-bond donors (Lipinski definition) is 2. The van der Waals surface area contributed by atoms with Crippen molar-refractivity contribution in [1.29, 1.82) is 0 Å². The Balaban J connectivity index is 2.13. The molecule has 0 amide bonds. The van der Waals surface area contributed by atoms with Crippen molar-refractivity contribution in [3.63, 3.8) is 0 Å². The van der Waals surface area contributed by atoms with Gasteiger partial charge in [-0.3, -0.25) is 0 Å². The zero-order chi connectivity index (χ0) is 7.90. The summed E-state index contributed by atoms with van der Waals surface area (Å²) >= 11 is 4.21. The van der Waals surface area contributed by atoms with Gasteiger partial charge < -0.3 is 10.0 Å². The van der Waals surface area contributed by atoms with Crippen LogP contribution in [0.25, 0.3) is 0 Å². The predicted octanol–water partition coefficient (Wildman–Crippen LogP) is 0.373. The average molecular weight is 173 g/mol. The second-order valence-corrected chi connectivity index (χ2v) is 4.13. The van der Waals surface area contributed by atoms with E-state index in [4.69, 9.17) is 0 Å². The lowest BCUT2D eigenvalue weighted by molar-refractivity contribution is -0.0947. The molecular formula is C8H15NOS. The zero-order valence-electron chi connectivity index (χ0n) is 6.66. The van der Waals surface area contributed by atoms with E-state index < -0.39 is 5.60 Å². The molecular weight excluding hydrogens is 158 g/mol. The van der Waals surface area contributed by atoms with Gasteiger partial charge in [0.1, 0.15) is 0 Å². The van der Waals surface area contributed by atoms with Gasteiger partial charge in [-0.2, -0.15) is 12.6 Å². The molecule has 1 N–H and O–H groups in total. The number of nitrogens with zero attached hydrogens (tertiary/aromatic N) is 1. The summed E-state index contributed by atoms with van der Waals surface area (Å²) in [6.45, 7) is 3.21. The van der Waals surface area contributed by atoms with Gasteiger partial charge in [-0.25, -0.2) is 0 Å². The zero-order valence-corrected chi connectivity index (χ0v) is 7.56. The van der Waals surface area contributed by atoms with Crippen LogP contribution in [0.5, 0.6) is 0 Å². The first-order valence-corrected chi connectivity index (χ1v) is 4.93. The predicted molar refractivity (Wildman–Crippen MR) is 48.0 cm³/mol. The van der Waals surface area contributed by atoms with Crippen molar-refractivity contribution in [2.24, 2.45) is 5.92 Å². The monoisotopic (exact) mass is 173 g/mol. The summed E-state index contributed by atoms with van der Waals surface area (Å²) in [4.78, 5) is 2.34. The highest BCUT2D eigenvalue weighted by Gasteiger charge is 2.44. The van der Waals surface area contributed by atoms with E-state index in [9.17, 15) is 5.11 Å². The maximum atomic E-state index is 10.1. The molecule has 2 nitrogen and oxygen atoms in total. The minimum Gasteiger partial charge on any atom is -0.387 e. The Kier molecular flexibility index (Phi) is 1.90. The molecule has 2 bridgehead atoms. The maximum absolute atomic E-state index is 10.1. The SMILES string of the molecule is O[C@]1(CS)CN2CCC1CC2. The number of hydrogen-bond acceptors (Lipinski definition) is 3. The molecule has 3 fully saturated rings. The van der Waals surface area contributed by atoms with Crippen molar-refractivity contribution in [3.05, 3.63) is 0 Å². The van der Waals surface area contributed by atoms with Crippen LogP contribution in [0.2, 0.25) is 0 Å². The highest BCUT2D eigenvalue weighted by Crippen LogP contribution is 2.35. The Bertz CT molecular complexity index is 156. The average Bonchev–Trinajstić information content (AvgIpc) is 2.06.